The Morgan fingerprint density at radius 1 is 0.676 bits per heavy atom. The summed E-state index contributed by atoms with van der Waals surface area (Å²) in [5.74, 6) is 0. The molecule has 0 radical (unpaired) electrons. The molecule has 0 fully saturated rings. The van der Waals surface area contributed by atoms with Gasteiger partial charge >= 0.3 is 0 Å². The van der Waals surface area contributed by atoms with Crippen molar-refractivity contribution in [1.82, 2.24) is 0 Å². The number of hydrogen-bond acceptors (Lipinski definition) is 0. The predicted molar refractivity (Wildman–Crippen MR) is 152 cm³/mol. The summed E-state index contributed by atoms with van der Waals surface area (Å²) in [7, 11) is -1.85. The van der Waals surface area contributed by atoms with Crippen molar-refractivity contribution < 1.29 is 0 Å². The van der Waals surface area contributed by atoms with Crippen molar-refractivity contribution in [2.24, 2.45) is 0 Å². The third-order valence-corrected chi connectivity index (χ3v) is 16.3. The minimum Gasteiger partial charge on any atom is -0.0648 e. The minimum absolute atomic E-state index is 0.703. The van der Waals surface area contributed by atoms with Crippen LogP contribution in [0.4, 0.5) is 0 Å². The largest absolute Gasteiger partial charge is 0.0954 e. The van der Waals surface area contributed by atoms with Crippen molar-refractivity contribution in [1.29, 1.82) is 0 Å². The molecule has 3 aromatic carbocycles. The summed E-state index contributed by atoms with van der Waals surface area (Å²) in [6.45, 7) is 15.1. The van der Waals surface area contributed by atoms with Gasteiger partial charge in [-0.2, -0.15) is 0 Å². The number of allylic oxidation sites excluding steroid dienone is 5. The van der Waals surface area contributed by atoms with E-state index in [0.717, 1.165) is 0 Å². The van der Waals surface area contributed by atoms with Crippen molar-refractivity contribution in [2.45, 2.75) is 71.0 Å². The molecular weight excluding hydrogens is 424 g/mol. The average molecular weight is 461 g/mol. The number of hydrogen-bond donors (Lipinski definition) is 0. The van der Waals surface area contributed by atoms with Gasteiger partial charge in [-0.25, -0.2) is 0 Å². The van der Waals surface area contributed by atoms with Crippen molar-refractivity contribution in [3.05, 3.63) is 99.3 Å². The van der Waals surface area contributed by atoms with E-state index in [1.54, 1.807) is 27.5 Å². The van der Waals surface area contributed by atoms with Crippen LogP contribution in [0.1, 0.15) is 70.2 Å². The summed E-state index contributed by atoms with van der Waals surface area (Å²) < 4.78 is 0. The molecule has 0 aliphatic heterocycles. The van der Waals surface area contributed by atoms with Gasteiger partial charge in [0, 0.05) is 0 Å². The highest BCUT2D eigenvalue weighted by Gasteiger charge is 2.52. The molecule has 34 heavy (non-hydrogen) atoms. The molecule has 0 spiro atoms. The first-order valence-electron chi connectivity index (χ1n) is 13.2. The Morgan fingerprint density at radius 3 is 2.09 bits per heavy atom. The highest BCUT2D eigenvalue weighted by atomic mass is 28.3. The fourth-order valence-corrected chi connectivity index (χ4v) is 15.3. The Bertz CT molecular complexity index is 1400. The van der Waals surface area contributed by atoms with E-state index in [2.05, 4.69) is 108 Å². The molecule has 0 saturated carbocycles. The Labute approximate surface area is 206 Å². The van der Waals surface area contributed by atoms with Gasteiger partial charge in [0.05, 0.1) is 8.07 Å². The van der Waals surface area contributed by atoms with Crippen LogP contribution in [0, 0.1) is 0 Å². The first-order chi connectivity index (χ1) is 16.4. The molecule has 3 aliphatic carbocycles. The second kappa shape index (κ2) is 7.68. The topological polar surface area (TPSA) is 0 Å². The Morgan fingerprint density at radius 2 is 1.35 bits per heavy atom. The zero-order valence-electron chi connectivity index (χ0n) is 21.5. The van der Waals surface area contributed by atoms with Gasteiger partial charge in [-0.3, -0.25) is 0 Å². The van der Waals surface area contributed by atoms with Crippen molar-refractivity contribution >= 4 is 36.1 Å². The Balaban J connectivity index is 1.75. The van der Waals surface area contributed by atoms with Crippen LogP contribution in [0.3, 0.4) is 0 Å². The average Bonchev–Trinajstić information content (AvgIpc) is 3.34. The van der Waals surface area contributed by atoms with E-state index < -0.39 is 8.07 Å². The summed E-state index contributed by atoms with van der Waals surface area (Å²) in [5.41, 5.74) is 14.4. The van der Waals surface area contributed by atoms with E-state index in [-0.39, 0.29) is 0 Å². The maximum Gasteiger partial charge on any atom is 0.0954 e. The fraction of sp³-hybridized carbons (Fsp3) is 0.333. The molecule has 3 aliphatic rings. The van der Waals surface area contributed by atoms with Crippen molar-refractivity contribution in [3.8, 4) is 0 Å². The lowest BCUT2D eigenvalue weighted by Gasteiger charge is -2.46. The summed E-state index contributed by atoms with van der Waals surface area (Å²) in [5, 5.41) is 4.55. The van der Waals surface area contributed by atoms with Crippen LogP contribution < -0.4 is 0 Å². The molecule has 0 heterocycles. The molecule has 3 aromatic rings. The summed E-state index contributed by atoms with van der Waals surface area (Å²) >= 11 is 0. The fourth-order valence-electron chi connectivity index (χ4n) is 8.10. The van der Waals surface area contributed by atoms with Crippen LogP contribution in [0.2, 0.25) is 16.6 Å². The van der Waals surface area contributed by atoms with Crippen LogP contribution in [0.25, 0.3) is 28.0 Å². The molecule has 0 unspecified atom stereocenters. The number of aryl methyl sites for hydroxylation is 1. The minimum atomic E-state index is -1.85. The molecule has 6 rings (SSSR count). The smallest absolute Gasteiger partial charge is 0.0648 e. The van der Waals surface area contributed by atoms with E-state index in [0.29, 0.717) is 16.6 Å². The Hall–Kier alpha value is -2.64. The zero-order valence-corrected chi connectivity index (χ0v) is 22.5. The third-order valence-electron chi connectivity index (χ3n) is 9.13. The third kappa shape index (κ3) is 2.71. The molecule has 0 aromatic heterocycles. The van der Waals surface area contributed by atoms with E-state index in [9.17, 15) is 0 Å². The highest BCUT2D eigenvalue weighted by Crippen LogP contribution is 2.62. The predicted octanol–water partition coefficient (Wildman–Crippen LogP) is 9.62. The van der Waals surface area contributed by atoms with Gasteiger partial charge in [-0.15, -0.1) is 0 Å². The Kier molecular flexibility index (Phi) is 4.94. The summed E-state index contributed by atoms with van der Waals surface area (Å²) in [6.07, 6.45) is 4.92. The van der Waals surface area contributed by atoms with Crippen molar-refractivity contribution in [3.63, 3.8) is 0 Å². The van der Waals surface area contributed by atoms with Crippen molar-refractivity contribution in [2.75, 3.05) is 0 Å². The molecule has 0 saturated heterocycles. The first-order valence-corrected chi connectivity index (χ1v) is 15.4. The van der Waals surface area contributed by atoms with Gasteiger partial charge in [-0.05, 0) is 96.1 Å². The monoisotopic (exact) mass is 460 g/mol. The van der Waals surface area contributed by atoms with Gasteiger partial charge in [0.15, 0.2) is 0 Å². The van der Waals surface area contributed by atoms with Crippen LogP contribution in [0.15, 0.2) is 77.0 Å². The molecule has 172 valence electrons. The number of fused-ring (bicyclic) bond motifs is 8. The van der Waals surface area contributed by atoms with Crippen LogP contribution in [0.5, 0.6) is 0 Å². The van der Waals surface area contributed by atoms with Gasteiger partial charge in [0.1, 0.15) is 0 Å². The molecule has 1 heteroatoms. The highest BCUT2D eigenvalue weighted by molar-refractivity contribution is 6.91. The van der Waals surface area contributed by atoms with Crippen LogP contribution in [-0.4, -0.2) is 8.07 Å². The molecule has 0 bridgehead atoms. The van der Waals surface area contributed by atoms with E-state index in [4.69, 9.17) is 0 Å². The lowest BCUT2D eigenvalue weighted by atomic mass is 9.82. The summed E-state index contributed by atoms with van der Waals surface area (Å²) in [6, 6.07) is 22.9. The molecule has 0 amide bonds. The van der Waals surface area contributed by atoms with E-state index in [1.165, 1.54) is 45.9 Å². The molecular formula is C33H36Si. The first kappa shape index (κ1) is 21.9. The second-order valence-electron chi connectivity index (χ2n) is 11.5. The van der Waals surface area contributed by atoms with Gasteiger partial charge < -0.3 is 0 Å². The SMILES string of the molecule is CC(C)[Si](C1=C2CCc3ccccc3C2=C2C1=Cc1ccc3ccccc3c12)(C(C)C)C(C)C. The second-order valence-corrected chi connectivity index (χ2v) is 17.3. The van der Waals surface area contributed by atoms with Crippen LogP contribution in [-0.2, 0) is 6.42 Å². The number of rotatable bonds is 4. The van der Waals surface area contributed by atoms with E-state index >= 15 is 0 Å². The molecule has 0 N–H and O–H groups in total. The quantitative estimate of drug-likeness (QED) is 0.340. The lowest BCUT2D eigenvalue weighted by Crippen LogP contribution is -2.47. The maximum absolute atomic E-state index is 2.57. The number of benzene rings is 3. The standard InChI is InChI=1S/C33H36Si/c1-20(2)34(21(3)4,22(5)6)33-28-18-17-24-12-8-10-14-27(24)31(28)32-29(33)19-25-16-15-23-11-7-9-13-26(23)30(25)32/h7-16,19-22H,17-18H2,1-6H3. The molecule has 0 nitrogen and oxygen atoms in total. The normalized spacial score (nSPS) is 17.0. The van der Waals surface area contributed by atoms with E-state index in [1.807, 2.05) is 0 Å². The van der Waals surface area contributed by atoms with Gasteiger partial charge in [0.2, 0.25) is 0 Å². The van der Waals surface area contributed by atoms with Gasteiger partial charge in [0.25, 0.3) is 0 Å². The maximum atomic E-state index is 2.57. The lowest BCUT2D eigenvalue weighted by molar-refractivity contribution is 0.821. The summed E-state index contributed by atoms with van der Waals surface area (Å²) in [4.78, 5) is 0. The van der Waals surface area contributed by atoms with Crippen LogP contribution >= 0.6 is 0 Å². The van der Waals surface area contributed by atoms with Gasteiger partial charge in [-0.1, -0.05) is 102 Å². The zero-order chi connectivity index (χ0) is 23.8. The molecule has 0 atom stereocenters.